The Morgan fingerprint density at radius 2 is 1.67 bits per heavy atom. The Bertz CT molecular complexity index is 781. The maximum atomic E-state index is 13.5. The van der Waals surface area contributed by atoms with Crippen molar-refractivity contribution < 1.29 is 22.0 Å². The molecule has 0 spiro atoms. The minimum atomic E-state index is -4.16. The number of hydrogen-bond donors (Lipinski definition) is 0. The van der Waals surface area contributed by atoms with E-state index >= 15 is 0 Å². The Morgan fingerprint density at radius 1 is 1.05 bits per heavy atom. The minimum absolute atomic E-state index is 0.228. The zero-order valence-corrected chi connectivity index (χ0v) is 12.0. The van der Waals surface area contributed by atoms with Crippen molar-refractivity contribution >= 4 is 15.6 Å². The zero-order valence-electron chi connectivity index (χ0n) is 11.1. The summed E-state index contributed by atoms with van der Waals surface area (Å²) in [6, 6.07) is 8.51. The molecule has 0 saturated carbocycles. The van der Waals surface area contributed by atoms with Gasteiger partial charge in [0.2, 0.25) is 0 Å². The molecule has 0 aliphatic carbocycles. The molecular formula is C15H12F2O3S. The third kappa shape index (κ3) is 3.52. The number of carbonyl (C=O) groups excluding carboxylic acids is 1. The lowest BCUT2D eigenvalue weighted by atomic mass is 10.1. The van der Waals surface area contributed by atoms with Crippen molar-refractivity contribution in [2.24, 2.45) is 0 Å². The van der Waals surface area contributed by atoms with Crippen molar-refractivity contribution in [3.63, 3.8) is 0 Å². The minimum Gasteiger partial charge on any atom is -0.293 e. The van der Waals surface area contributed by atoms with E-state index in [9.17, 15) is 22.0 Å². The van der Waals surface area contributed by atoms with Crippen LogP contribution in [0.25, 0.3) is 0 Å². The number of halogens is 2. The summed E-state index contributed by atoms with van der Waals surface area (Å²) < 4.78 is 50.4. The van der Waals surface area contributed by atoms with E-state index in [-0.39, 0.29) is 5.56 Å². The first-order valence-electron chi connectivity index (χ1n) is 6.07. The van der Waals surface area contributed by atoms with Crippen LogP contribution in [0.5, 0.6) is 0 Å². The predicted octanol–water partition coefficient (Wildman–Crippen LogP) is 2.93. The molecule has 110 valence electrons. The van der Waals surface area contributed by atoms with Crippen molar-refractivity contribution in [1.82, 2.24) is 0 Å². The van der Waals surface area contributed by atoms with Gasteiger partial charge in [0, 0.05) is 11.6 Å². The molecule has 0 unspecified atom stereocenters. The average Bonchev–Trinajstić information content (AvgIpc) is 2.38. The van der Waals surface area contributed by atoms with E-state index in [4.69, 9.17) is 0 Å². The molecule has 3 nitrogen and oxygen atoms in total. The summed E-state index contributed by atoms with van der Waals surface area (Å²) in [6.07, 6.45) is 0. The Morgan fingerprint density at radius 3 is 2.24 bits per heavy atom. The lowest BCUT2D eigenvalue weighted by molar-refractivity contribution is 0.102. The molecule has 0 aliphatic rings. The van der Waals surface area contributed by atoms with Gasteiger partial charge in [-0.1, -0.05) is 29.8 Å². The Labute approximate surface area is 121 Å². The van der Waals surface area contributed by atoms with Crippen LogP contribution in [0.3, 0.4) is 0 Å². The number of rotatable bonds is 4. The van der Waals surface area contributed by atoms with Gasteiger partial charge in [-0.25, -0.2) is 17.2 Å². The summed E-state index contributed by atoms with van der Waals surface area (Å²) in [5.74, 6) is -3.58. The van der Waals surface area contributed by atoms with Crippen LogP contribution in [-0.4, -0.2) is 20.0 Å². The zero-order chi connectivity index (χ0) is 15.6. The van der Waals surface area contributed by atoms with Crippen molar-refractivity contribution in [3.05, 3.63) is 65.2 Å². The van der Waals surface area contributed by atoms with Crippen LogP contribution < -0.4 is 0 Å². The van der Waals surface area contributed by atoms with Gasteiger partial charge >= 0.3 is 0 Å². The number of aryl methyl sites for hydroxylation is 1. The second-order valence-corrected chi connectivity index (χ2v) is 6.58. The largest absolute Gasteiger partial charge is 0.293 e. The van der Waals surface area contributed by atoms with Crippen LogP contribution in [0, 0.1) is 18.6 Å². The highest BCUT2D eigenvalue weighted by atomic mass is 32.2. The lowest BCUT2D eigenvalue weighted by Crippen LogP contribution is -2.17. The number of Topliss-reactive ketones (excluding diaryl/α,β-unsaturated/α-hetero) is 1. The quantitative estimate of drug-likeness (QED) is 0.644. The monoisotopic (exact) mass is 310 g/mol. The van der Waals surface area contributed by atoms with Gasteiger partial charge in [0.1, 0.15) is 22.3 Å². The van der Waals surface area contributed by atoms with E-state index in [1.165, 1.54) is 12.1 Å². The molecular weight excluding hydrogens is 298 g/mol. The highest BCUT2D eigenvalue weighted by Crippen LogP contribution is 2.18. The summed E-state index contributed by atoms with van der Waals surface area (Å²) >= 11 is 0. The third-order valence-corrected chi connectivity index (χ3v) is 4.57. The van der Waals surface area contributed by atoms with Crippen LogP contribution in [0.2, 0.25) is 0 Å². The standard InChI is InChI=1S/C15H12F2O3S/c1-10-2-4-11(5-3-10)14(18)9-21(19,20)15-7-6-12(16)8-13(15)17/h2-8H,9H2,1H3. The maximum Gasteiger partial charge on any atom is 0.188 e. The van der Waals surface area contributed by atoms with Gasteiger partial charge in [-0.3, -0.25) is 4.79 Å². The van der Waals surface area contributed by atoms with Crippen molar-refractivity contribution in [1.29, 1.82) is 0 Å². The molecule has 0 aromatic heterocycles. The molecule has 0 amide bonds. The molecule has 0 bridgehead atoms. The lowest BCUT2D eigenvalue weighted by Gasteiger charge is -2.06. The summed E-state index contributed by atoms with van der Waals surface area (Å²) in [7, 11) is -4.16. The van der Waals surface area contributed by atoms with E-state index in [0.29, 0.717) is 6.07 Å². The number of benzene rings is 2. The molecule has 0 heterocycles. The van der Waals surface area contributed by atoms with Gasteiger partial charge in [0.15, 0.2) is 15.6 Å². The van der Waals surface area contributed by atoms with Crippen molar-refractivity contribution in [2.75, 3.05) is 5.75 Å². The van der Waals surface area contributed by atoms with E-state index in [1.807, 2.05) is 6.92 Å². The molecule has 0 fully saturated rings. The highest BCUT2D eigenvalue weighted by molar-refractivity contribution is 7.92. The molecule has 2 aromatic rings. The fourth-order valence-electron chi connectivity index (χ4n) is 1.80. The summed E-state index contributed by atoms with van der Waals surface area (Å²) in [5, 5.41) is 0. The van der Waals surface area contributed by atoms with Crippen LogP contribution in [-0.2, 0) is 9.84 Å². The van der Waals surface area contributed by atoms with E-state index in [0.717, 1.165) is 17.7 Å². The number of ketones is 1. The number of sulfone groups is 1. The predicted molar refractivity (Wildman–Crippen MR) is 73.9 cm³/mol. The second kappa shape index (κ2) is 5.73. The fourth-order valence-corrected chi connectivity index (χ4v) is 3.10. The van der Waals surface area contributed by atoms with Gasteiger partial charge in [-0.15, -0.1) is 0 Å². The molecule has 0 aliphatic heterocycles. The van der Waals surface area contributed by atoms with Crippen LogP contribution in [0.15, 0.2) is 47.4 Å². The summed E-state index contributed by atoms with van der Waals surface area (Å²) in [6.45, 7) is 1.83. The van der Waals surface area contributed by atoms with Crippen LogP contribution in [0.1, 0.15) is 15.9 Å². The molecule has 2 aromatic carbocycles. The van der Waals surface area contributed by atoms with E-state index < -0.39 is 37.9 Å². The van der Waals surface area contributed by atoms with Gasteiger partial charge in [-0.05, 0) is 19.1 Å². The molecule has 6 heteroatoms. The van der Waals surface area contributed by atoms with Crippen molar-refractivity contribution in [2.45, 2.75) is 11.8 Å². The smallest absolute Gasteiger partial charge is 0.188 e. The molecule has 0 N–H and O–H groups in total. The first-order chi connectivity index (χ1) is 9.79. The summed E-state index contributed by atoms with van der Waals surface area (Å²) in [4.78, 5) is 11.3. The Hall–Kier alpha value is -2.08. The van der Waals surface area contributed by atoms with Gasteiger partial charge in [0.05, 0.1) is 0 Å². The highest BCUT2D eigenvalue weighted by Gasteiger charge is 2.24. The van der Waals surface area contributed by atoms with Crippen LogP contribution in [0.4, 0.5) is 8.78 Å². The third-order valence-electron chi connectivity index (χ3n) is 2.92. The Balaban J connectivity index is 2.29. The molecule has 2 rings (SSSR count). The molecule has 0 saturated heterocycles. The fraction of sp³-hybridized carbons (Fsp3) is 0.133. The summed E-state index contributed by atoms with van der Waals surface area (Å²) in [5.41, 5.74) is 1.16. The van der Waals surface area contributed by atoms with E-state index in [2.05, 4.69) is 0 Å². The van der Waals surface area contributed by atoms with Gasteiger partial charge < -0.3 is 0 Å². The molecule has 0 radical (unpaired) electrons. The maximum absolute atomic E-state index is 13.5. The molecule has 0 atom stereocenters. The Kier molecular flexibility index (Phi) is 4.18. The number of hydrogen-bond acceptors (Lipinski definition) is 3. The van der Waals surface area contributed by atoms with E-state index in [1.54, 1.807) is 12.1 Å². The second-order valence-electron chi connectivity index (χ2n) is 4.62. The topological polar surface area (TPSA) is 51.2 Å². The molecule has 21 heavy (non-hydrogen) atoms. The van der Waals surface area contributed by atoms with Crippen molar-refractivity contribution in [3.8, 4) is 0 Å². The first-order valence-corrected chi connectivity index (χ1v) is 7.72. The first kappa shape index (κ1) is 15.3. The number of carbonyl (C=O) groups is 1. The normalized spacial score (nSPS) is 11.4. The van der Waals surface area contributed by atoms with Gasteiger partial charge in [-0.2, -0.15) is 0 Å². The van der Waals surface area contributed by atoms with Gasteiger partial charge in [0.25, 0.3) is 0 Å². The average molecular weight is 310 g/mol. The SMILES string of the molecule is Cc1ccc(C(=O)CS(=O)(=O)c2ccc(F)cc2F)cc1. The van der Waals surface area contributed by atoms with Crippen LogP contribution >= 0.6 is 0 Å².